The van der Waals surface area contributed by atoms with Gasteiger partial charge in [0.2, 0.25) is 0 Å². The predicted octanol–water partition coefficient (Wildman–Crippen LogP) is 3.58. The predicted molar refractivity (Wildman–Crippen MR) is 109 cm³/mol. The Labute approximate surface area is 184 Å². The Balaban J connectivity index is 1.56. The fraction of sp³-hybridized carbons (Fsp3) is 0.545. The molecule has 1 aromatic carbocycles. The molecule has 2 aliphatic heterocycles. The molecule has 0 saturated carbocycles. The number of ether oxygens (including phenoxy) is 2. The number of amides is 1. The number of rotatable bonds is 3. The second kappa shape index (κ2) is 8.40. The highest BCUT2D eigenvalue weighted by Gasteiger charge is 2.40. The first-order valence-corrected chi connectivity index (χ1v) is 10.5. The van der Waals surface area contributed by atoms with Crippen LogP contribution < -0.4 is 5.32 Å². The van der Waals surface area contributed by atoms with Crippen LogP contribution in [0.5, 0.6) is 0 Å². The van der Waals surface area contributed by atoms with Gasteiger partial charge in [-0.3, -0.25) is 9.58 Å². The van der Waals surface area contributed by atoms with Crippen molar-refractivity contribution >= 4 is 6.09 Å². The van der Waals surface area contributed by atoms with E-state index in [1.54, 1.807) is 20.8 Å². The number of aryl methyl sites for hydroxylation is 1. The number of hydrogen-bond donors (Lipinski definition) is 1. The molecule has 1 fully saturated rings. The van der Waals surface area contributed by atoms with Crippen LogP contribution in [0.25, 0.3) is 0 Å². The van der Waals surface area contributed by atoms with Gasteiger partial charge in [0, 0.05) is 43.4 Å². The lowest BCUT2D eigenvalue weighted by molar-refractivity contribution is -0.0630. The zero-order valence-corrected chi connectivity index (χ0v) is 18.5. The molecule has 0 spiro atoms. The SMILES string of the molecule is Cn1ncc2c1CN([C@@H]1CO[C@H](c3cc(F)c(F)cc3F)[C@@H](NC(=O)OC(C)(C)C)C1)C2. The Morgan fingerprint density at radius 1 is 1.19 bits per heavy atom. The number of nitrogens with zero attached hydrogens (tertiary/aromatic N) is 3. The zero-order chi connectivity index (χ0) is 23.2. The number of carbonyl (C=O) groups is 1. The molecule has 32 heavy (non-hydrogen) atoms. The third kappa shape index (κ3) is 4.61. The molecule has 3 atom stereocenters. The van der Waals surface area contributed by atoms with Gasteiger partial charge in [0.15, 0.2) is 11.6 Å². The normalized spacial score (nSPS) is 23.8. The fourth-order valence-corrected chi connectivity index (χ4v) is 4.30. The molecule has 174 valence electrons. The monoisotopic (exact) mass is 452 g/mol. The second-order valence-corrected chi connectivity index (χ2v) is 9.33. The highest BCUT2D eigenvalue weighted by Crippen LogP contribution is 2.35. The molecule has 1 aromatic heterocycles. The Morgan fingerprint density at radius 3 is 2.59 bits per heavy atom. The minimum atomic E-state index is -1.28. The van der Waals surface area contributed by atoms with E-state index in [0.717, 1.165) is 17.3 Å². The van der Waals surface area contributed by atoms with E-state index in [-0.39, 0.29) is 18.2 Å². The summed E-state index contributed by atoms with van der Waals surface area (Å²) in [5, 5.41) is 7.01. The van der Waals surface area contributed by atoms with Gasteiger partial charge in [0.05, 0.1) is 24.5 Å². The van der Waals surface area contributed by atoms with Crippen LogP contribution in [0.3, 0.4) is 0 Å². The van der Waals surface area contributed by atoms with Crippen molar-refractivity contribution in [2.75, 3.05) is 6.61 Å². The summed E-state index contributed by atoms with van der Waals surface area (Å²) in [6.07, 6.45) is 0.577. The van der Waals surface area contributed by atoms with E-state index in [2.05, 4.69) is 15.3 Å². The van der Waals surface area contributed by atoms with E-state index in [4.69, 9.17) is 9.47 Å². The van der Waals surface area contributed by atoms with Crippen LogP contribution in [-0.4, -0.2) is 45.1 Å². The quantitative estimate of drug-likeness (QED) is 0.722. The third-order valence-electron chi connectivity index (χ3n) is 5.80. The largest absolute Gasteiger partial charge is 0.444 e. The molecule has 0 bridgehead atoms. The summed E-state index contributed by atoms with van der Waals surface area (Å²) in [5.41, 5.74) is 1.36. The van der Waals surface area contributed by atoms with Crippen LogP contribution in [0.2, 0.25) is 0 Å². The molecule has 1 N–H and O–H groups in total. The first-order chi connectivity index (χ1) is 15.0. The van der Waals surface area contributed by atoms with Gasteiger partial charge in [0.1, 0.15) is 17.5 Å². The van der Waals surface area contributed by atoms with Crippen molar-refractivity contribution in [1.29, 1.82) is 0 Å². The van der Waals surface area contributed by atoms with Crippen LogP contribution in [0.15, 0.2) is 18.3 Å². The van der Waals surface area contributed by atoms with E-state index in [9.17, 15) is 18.0 Å². The first-order valence-electron chi connectivity index (χ1n) is 10.5. The van der Waals surface area contributed by atoms with E-state index >= 15 is 0 Å². The van der Waals surface area contributed by atoms with Crippen molar-refractivity contribution in [3.8, 4) is 0 Å². The van der Waals surface area contributed by atoms with Crippen LogP contribution >= 0.6 is 0 Å². The zero-order valence-electron chi connectivity index (χ0n) is 18.5. The fourth-order valence-electron chi connectivity index (χ4n) is 4.30. The van der Waals surface area contributed by atoms with Crippen LogP contribution in [0.4, 0.5) is 18.0 Å². The minimum absolute atomic E-state index is 0.0769. The highest BCUT2D eigenvalue weighted by molar-refractivity contribution is 5.68. The number of alkyl carbamates (subject to hydrolysis) is 1. The molecule has 2 aliphatic rings. The van der Waals surface area contributed by atoms with Gasteiger partial charge >= 0.3 is 6.09 Å². The molecule has 0 unspecified atom stereocenters. The topological polar surface area (TPSA) is 68.6 Å². The van der Waals surface area contributed by atoms with Crippen molar-refractivity contribution in [3.05, 3.63) is 52.6 Å². The van der Waals surface area contributed by atoms with E-state index in [1.807, 2.05) is 17.9 Å². The van der Waals surface area contributed by atoms with E-state index < -0.39 is 41.3 Å². The number of hydrogen-bond acceptors (Lipinski definition) is 5. The van der Waals surface area contributed by atoms with Crippen LogP contribution in [0, 0.1) is 17.5 Å². The summed E-state index contributed by atoms with van der Waals surface area (Å²) in [5.74, 6) is -3.38. The number of fused-ring (bicyclic) bond motifs is 1. The van der Waals surface area contributed by atoms with Gasteiger partial charge in [-0.15, -0.1) is 0 Å². The molecule has 0 radical (unpaired) electrons. The lowest BCUT2D eigenvalue weighted by Crippen LogP contribution is -2.52. The summed E-state index contributed by atoms with van der Waals surface area (Å²) in [7, 11) is 1.88. The summed E-state index contributed by atoms with van der Waals surface area (Å²) in [6.45, 7) is 6.79. The number of nitrogens with one attached hydrogen (secondary N) is 1. The lowest BCUT2D eigenvalue weighted by Gasteiger charge is -2.40. The van der Waals surface area contributed by atoms with Gasteiger partial charge in [-0.2, -0.15) is 5.10 Å². The number of halogens is 3. The molecular weight excluding hydrogens is 425 g/mol. The summed E-state index contributed by atoms with van der Waals surface area (Å²) in [6, 6.07) is 0.503. The Hall–Kier alpha value is -2.59. The van der Waals surface area contributed by atoms with Gasteiger partial charge in [-0.25, -0.2) is 18.0 Å². The van der Waals surface area contributed by atoms with Gasteiger partial charge in [-0.1, -0.05) is 0 Å². The Kier molecular flexibility index (Phi) is 5.93. The molecule has 1 saturated heterocycles. The summed E-state index contributed by atoms with van der Waals surface area (Å²) < 4.78 is 55.0. The summed E-state index contributed by atoms with van der Waals surface area (Å²) in [4.78, 5) is 14.7. The maximum Gasteiger partial charge on any atom is 0.407 e. The van der Waals surface area contributed by atoms with Crippen molar-refractivity contribution < 1.29 is 27.4 Å². The lowest BCUT2D eigenvalue weighted by atomic mass is 9.92. The Morgan fingerprint density at radius 2 is 1.91 bits per heavy atom. The second-order valence-electron chi connectivity index (χ2n) is 9.33. The minimum Gasteiger partial charge on any atom is -0.444 e. The molecular formula is C22H27F3N4O3. The molecule has 7 nitrogen and oxygen atoms in total. The first kappa shape index (κ1) is 22.6. The van der Waals surface area contributed by atoms with Crippen LogP contribution in [-0.2, 0) is 29.6 Å². The van der Waals surface area contributed by atoms with Gasteiger partial charge < -0.3 is 14.8 Å². The van der Waals surface area contributed by atoms with Crippen LogP contribution in [0.1, 0.15) is 50.1 Å². The molecule has 4 rings (SSSR count). The van der Waals surface area contributed by atoms with Crippen molar-refractivity contribution in [2.45, 2.75) is 64.1 Å². The number of aromatic nitrogens is 2. The van der Waals surface area contributed by atoms with Gasteiger partial charge in [-0.05, 0) is 33.3 Å². The van der Waals surface area contributed by atoms with Crippen molar-refractivity contribution in [2.24, 2.45) is 7.05 Å². The maximum atomic E-state index is 14.5. The molecule has 10 heteroatoms. The van der Waals surface area contributed by atoms with E-state index in [0.29, 0.717) is 25.6 Å². The standard InChI is InChI=1S/C22H27F3N4O3/c1-22(2,3)32-21(30)27-18-5-13(29-9-12-8-26-28(4)19(12)10-29)11-31-20(18)14-6-16(24)17(25)7-15(14)23/h6-8,13,18,20H,5,9-11H2,1-4H3,(H,27,30)/t13-,18-,20+/m0/s1. The third-order valence-corrected chi connectivity index (χ3v) is 5.80. The Bertz CT molecular complexity index is 1020. The van der Waals surface area contributed by atoms with Crippen molar-refractivity contribution in [1.82, 2.24) is 20.0 Å². The molecule has 3 heterocycles. The number of benzene rings is 1. The van der Waals surface area contributed by atoms with E-state index in [1.165, 1.54) is 0 Å². The summed E-state index contributed by atoms with van der Waals surface area (Å²) >= 11 is 0. The smallest absolute Gasteiger partial charge is 0.407 e. The highest BCUT2D eigenvalue weighted by atomic mass is 19.2. The van der Waals surface area contributed by atoms with Gasteiger partial charge in [0.25, 0.3) is 0 Å². The maximum absolute atomic E-state index is 14.5. The number of carbonyl (C=O) groups excluding carboxylic acids is 1. The average molecular weight is 452 g/mol. The molecule has 0 aliphatic carbocycles. The molecule has 1 amide bonds. The molecule has 2 aromatic rings. The van der Waals surface area contributed by atoms with Crippen molar-refractivity contribution in [3.63, 3.8) is 0 Å². The average Bonchev–Trinajstić information content (AvgIpc) is 3.26.